The molecule has 0 aliphatic carbocycles. The van der Waals surface area contributed by atoms with Crippen LogP contribution in [0.2, 0.25) is 0 Å². The van der Waals surface area contributed by atoms with Crippen molar-refractivity contribution in [3.8, 4) is 0 Å². The van der Waals surface area contributed by atoms with E-state index in [-0.39, 0.29) is 5.91 Å². The first-order valence-corrected chi connectivity index (χ1v) is 8.47. The van der Waals surface area contributed by atoms with Gasteiger partial charge >= 0.3 is 0 Å². The average Bonchev–Trinajstić information content (AvgIpc) is 2.87. The van der Waals surface area contributed by atoms with Crippen molar-refractivity contribution in [3.63, 3.8) is 0 Å². The predicted octanol–water partition coefficient (Wildman–Crippen LogP) is 2.75. The van der Waals surface area contributed by atoms with E-state index < -0.39 is 5.66 Å². The second-order valence-electron chi connectivity index (χ2n) is 6.89. The minimum absolute atomic E-state index is 0.146. The van der Waals surface area contributed by atoms with Gasteiger partial charge in [0.1, 0.15) is 5.66 Å². The Morgan fingerprint density at radius 3 is 2.62 bits per heavy atom. The summed E-state index contributed by atoms with van der Waals surface area (Å²) in [5.41, 5.74) is 3.76. The number of hydrogen-bond acceptors (Lipinski definition) is 3. The Balaban J connectivity index is 2.00. The second-order valence-corrected chi connectivity index (χ2v) is 6.89. The summed E-state index contributed by atoms with van der Waals surface area (Å²) in [5, 5.41) is 0. The van der Waals surface area contributed by atoms with Crippen molar-refractivity contribution in [2.75, 3.05) is 39.1 Å². The molecule has 1 amide bonds. The molecule has 2 aromatic rings. The fourth-order valence-electron chi connectivity index (χ4n) is 4.25. The van der Waals surface area contributed by atoms with Crippen LogP contribution in [0.25, 0.3) is 0 Å². The highest BCUT2D eigenvalue weighted by molar-refractivity contribution is 6.00. The monoisotopic (exact) mass is 321 g/mol. The van der Waals surface area contributed by atoms with Crippen LogP contribution < -0.4 is 4.90 Å². The Hall–Kier alpha value is -2.33. The van der Waals surface area contributed by atoms with E-state index in [4.69, 9.17) is 0 Å². The van der Waals surface area contributed by atoms with Gasteiger partial charge in [0, 0.05) is 44.0 Å². The van der Waals surface area contributed by atoms with Crippen LogP contribution in [0, 0.1) is 0 Å². The number of amides is 1. The molecule has 0 bridgehead atoms. The first-order chi connectivity index (χ1) is 11.6. The van der Waals surface area contributed by atoms with Gasteiger partial charge in [-0.05, 0) is 37.2 Å². The van der Waals surface area contributed by atoms with Gasteiger partial charge in [0.2, 0.25) is 0 Å². The van der Waals surface area contributed by atoms with Crippen molar-refractivity contribution in [2.24, 2.45) is 0 Å². The van der Waals surface area contributed by atoms with Crippen LogP contribution in [0.5, 0.6) is 0 Å². The van der Waals surface area contributed by atoms with E-state index in [2.05, 4.69) is 52.1 Å². The Labute approximate surface area is 143 Å². The lowest BCUT2D eigenvalue weighted by Crippen LogP contribution is -2.59. The third-order valence-corrected chi connectivity index (χ3v) is 5.36. The first-order valence-electron chi connectivity index (χ1n) is 8.47. The summed E-state index contributed by atoms with van der Waals surface area (Å²) in [4.78, 5) is 19.5. The molecule has 24 heavy (non-hydrogen) atoms. The maximum Gasteiger partial charge on any atom is 0.256 e. The molecule has 0 aromatic heterocycles. The van der Waals surface area contributed by atoms with E-state index >= 15 is 0 Å². The van der Waals surface area contributed by atoms with Crippen LogP contribution in [0.4, 0.5) is 5.69 Å². The molecular weight excluding hydrogens is 298 g/mol. The second kappa shape index (κ2) is 5.35. The number of benzene rings is 2. The molecule has 4 rings (SSSR count). The van der Waals surface area contributed by atoms with Gasteiger partial charge in [-0.25, -0.2) is 0 Å². The van der Waals surface area contributed by atoms with Crippen LogP contribution in [-0.2, 0) is 5.66 Å². The van der Waals surface area contributed by atoms with E-state index in [1.54, 1.807) is 0 Å². The number of rotatable bonds is 2. The van der Waals surface area contributed by atoms with Crippen molar-refractivity contribution in [2.45, 2.75) is 12.1 Å². The Bertz CT molecular complexity index is 801. The molecule has 0 saturated carbocycles. The molecule has 0 N–H and O–H groups in total. The molecule has 2 aliphatic heterocycles. The molecule has 4 heteroatoms. The number of nitrogens with zero attached hydrogens (tertiary/aromatic N) is 3. The van der Waals surface area contributed by atoms with E-state index in [9.17, 15) is 4.79 Å². The van der Waals surface area contributed by atoms with E-state index in [1.165, 1.54) is 0 Å². The van der Waals surface area contributed by atoms with Crippen molar-refractivity contribution >= 4 is 11.6 Å². The highest BCUT2D eigenvalue weighted by atomic mass is 16.2. The van der Waals surface area contributed by atoms with Crippen molar-refractivity contribution in [1.82, 2.24) is 9.80 Å². The van der Waals surface area contributed by atoms with Crippen LogP contribution in [-0.4, -0.2) is 49.9 Å². The highest BCUT2D eigenvalue weighted by Crippen LogP contribution is 2.48. The molecule has 0 radical (unpaired) electrons. The molecule has 2 aliphatic rings. The number of hydrogen-bond donors (Lipinski definition) is 0. The third-order valence-electron chi connectivity index (χ3n) is 5.36. The lowest BCUT2D eigenvalue weighted by Gasteiger charge is -2.50. The number of carbonyl (C=O) groups is 1. The zero-order valence-corrected chi connectivity index (χ0v) is 14.5. The topological polar surface area (TPSA) is 26.8 Å². The van der Waals surface area contributed by atoms with Gasteiger partial charge in [0.05, 0.1) is 0 Å². The Morgan fingerprint density at radius 1 is 1.04 bits per heavy atom. The summed E-state index contributed by atoms with van der Waals surface area (Å²) >= 11 is 0. The zero-order valence-electron chi connectivity index (χ0n) is 14.5. The normalized spacial score (nSPS) is 23.1. The summed E-state index contributed by atoms with van der Waals surface area (Å²) in [7, 11) is 6.23. The minimum atomic E-state index is -0.488. The van der Waals surface area contributed by atoms with Gasteiger partial charge in [-0.3, -0.25) is 9.69 Å². The number of carbonyl (C=O) groups excluding carboxylic acids is 1. The molecular formula is C20H23N3O. The molecule has 2 aromatic carbocycles. The molecule has 1 fully saturated rings. The fraction of sp³-hybridized carbons (Fsp3) is 0.350. The van der Waals surface area contributed by atoms with Crippen molar-refractivity contribution < 1.29 is 4.79 Å². The molecule has 1 atom stereocenters. The highest BCUT2D eigenvalue weighted by Gasteiger charge is 2.54. The van der Waals surface area contributed by atoms with Gasteiger partial charge < -0.3 is 9.80 Å². The van der Waals surface area contributed by atoms with Crippen LogP contribution in [0.1, 0.15) is 27.9 Å². The number of anilines is 1. The smallest absolute Gasteiger partial charge is 0.256 e. The Kier molecular flexibility index (Phi) is 3.39. The zero-order chi connectivity index (χ0) is 16.9. The molecule has 4 nitrogen and oxygen atoms in total. The van der Waals surface area contributed by atoms with E-state index in [1.807, 2.05) is 32.3 Å². The van der Waals surface area contributed by atoms with Gasteiger partial charge in [-0.2, -0.15) is 0 Å². The quantitative estimate of drug-likeness (QED) is 0.851. The van der Waals surface area contributed by atoms with Crippen molar-refractivity contribution in [3.05, 3.63) is 65.2 Å². The molecule has 2 heterocycles. The SMILES string of the molecule is CN(C)c1cccc(C23c4ccccc4C(=O)N2CCCN3C)c1. The van der Waals surface area contributed by atoms with Crippen LogP contribution in [0.15, 0.2) is 48.5 Å². The minimum Gasteiger partial charge on any atom is -0.378 e. The Morgan fingerprint density at radius 2 is 1.83 bits per heavy atom. The van der Waals surface area contributed by atoms with Crippen LogP contribution in [0.3, 0.4) is 0 Å². The van der Waals surface area contributed by atoms with E-state index in [0.29, 0.717) is 0 Å². The summed E-state index contributed by atoms with van der Waals surface area (Å²) in [5.74, 6) is 0.146. The molecule has 1 unspecified atom stereocenters. The molecule has 0 spiro atoms. The fourth-order valence-corrected chi connectivity index (χ4v) is 4.25. The van der Waals surface area contributed by atoms with Gasteiger partial charge in [0.15, 0.2) is 0 Å². The summed E-state index contributed by atoms with van der Waals surface area (Å²) in [6.07, 6.45) is 1.01. The van der Waals surface area contributed by atoms with Gasteiger partial charge in [-0.15, -0.1) is 0 Å². The van der Waals surface area contributed by atoms with Gasteiger partial charge in [-0.1, -0.05) is 30.3 Å². The maximum absolute atomic E-state index is 13.1. The lowest BCUT2D eigenvalue weighted by molar-refractivity contribution is -0.0229. The summed E-state index contributed by atoms with van der Waals surface area (Å²) in [6.45, 7) is 1.77. The third kappa shape index (κ3) is 1.86. The van der Waals surface area contributed by atoms with E-state index in [0.717, 1.165) is 41.9 Å². The lowest BCUT2D eigenvalue weighted by atomic mass is 9.87. The number of fused-ring (bicyclic) bond motifs is 3. The maximum atomic E-state index is 13.1. The average molecular weight is 321 g/mol. The summed E-state index contributed by atoms with van der Waals surface area (Å²) in [6, 6.07) is 16.6. The predicted molar refractivity (Wildman–Crippen MR) is 96.3 cm³/mol. The largest absolute Gasteiger partial charge is 0.378 e. The first kappa shape index (κ1) is 15.2. The standard InChI is InChI=1S/C20H23N3O/c1-21(2)16-9-6-8-15(14-16)20-18-11-5-4-10-17(18)19(24)23(20)13-7-12-22(20)3/h4-6,8-11,14H,7,12-13H2,1-3H3. The summed E-state index contributed by atoms with van der Waals surface area (Å²) < 4.78 is 0. The molecule has 124 valence electrons. The molecule has 1 saturated heterocycles. The van der Waals surface area contributed by atoms with Gasteiger partial charge in [0.25, 0.3) is 5.91 Å². The van der Waals surface area contributed by atoms with Crippen molar-refractivity contribution in [1.29, 1.82) is 0 Å². The van der Waals surface area contributed by atoms with Crippen LogP contribution >= 0.6 is 0 Å².